The average Bonchev–Trinajstić information content (AvgIpc) is 2.67. The minimum absolute atomic E-state index is 0.142. The Morgan fingerprint density at radius 2 is 1.81 bits per heavy atom. The van der Waals surface area contributed by atoms with E-state index in [1.54, 1.807) is 0 Å². The van der Waals surface area contributed by atoms with Crippen molar-refractivity contribution >= 4 is 5.91 Å². The number of nitrogens with one attached hydrogen (secondary N) is 1. The molecule has 1 N–H and O–H groups in total. The van der Waals surface area contributed by atoms with E-state index < -0.39 is 11.6 Å². The smallest absolute Gasteiger partial charge is 0.257 e. The number of carbonyl (C=O) groups is 1. The zero-order chi connectivity index (χ0) is 19.6. The molecule has 27 heavy (non-hydrogen) atoms. The third-order valence-electron chi connectivity index (χ3n) is 4.43. The number of hydrogen-bond donors (Lipinski definition) is 1. The Balaban J connectivity index is 1.89. The van der Waals surface area contributed by atoms with Gasteiger partial charge in [0.25, 0.3) is 5.91 Å². The highest BCUT2D eigenvalue weighted by atomic mass is 19.1. The number of likely N-dealkylation sites (N-methyl/N-ethyl adjacent to an activating group) is 1. The Labute approximate surface area is 159 Å². The van der Waals surface area contributed by atoms with Crippen LogP contribution < -0.4 is 10.1 Å². The molecule has 0 radical (unpaired) electrons. The van der Waals surface area contributed by atoms with Gasteiger partial charge < -0.3 is 10.1 Å². The highest BCUT2D eigenvalue weighted by Gasteiger charge is 2.17. The number of ether oxygens (including phenoxy) is 1. The molecule has 0 spiro atoms. The van der Waals surface area contributed by atoms with Crippen LogP contribution in [0.3, 0.4) is 0 Å². The number of hydrogen-bond acceptors (Lipinski definition) is 3. The van der Waals surface area contributed by atoms with E-state index in [2.05, 4.69) is 36.2 Å². The van der Waals surface area contributed by atoms with Gasteiger partial charge in [0.15, 0.2) is 18.2 Å². The third-order valence-corrected chi connectivity index (χ3v) is 4.43. The summed E-state index contributed by atoms with van der Waals surface area (Å²) in [4.78, 5) is 14.4. The van der Waals surface area contributed by atoms with Crippen molar-refractivity contribution in [3.8, 4) is 5.75 Å². The van der Waals surface area contributed by atoms with Gasteiger partial charge in [0.2, 0.25) is 0 Å². The summed E-state index contributed by atoms with van der Waals surface area (Å²) in [5.41, 5.74) is 1.20. The first-order valence-corrected chi connectivity index (χ1v) is 9.16. The van der Waals surface area contributed by atoms with Gasteiger partial charge in [-0.3, -0.25) is 9.69 Å². The van der Waals surface area contributed by atoms with Crippen LogP contribution in [-0.2, 0) is 11.2 Å². The molecule has 0 fully saturated rings. The first kappa shape index (κ1) is 20.8. The van der Waals surface area contributed by atoms with Crippen molar-refractivity contribution in [3.63, 3.8) is 0 Å². The summed E-state index contributed by atoms with van der Waals surface area (Å²) >= 11 is 0. The molecule has 1 unspecified atom stereocenters. The molecule has 146 valence electrons. The zero-order valence-electron chi connectivity index (χ0n) is 15.8. The van der Waals surface area contributed by atoms with Crippen molar-refractivity contribution in [1.29, 1.82) is 0 Å². The minimum atomic E-state index is -0.826. The molecular weight excluding hydrogens is 350 g/mol. The van der Waals surface area contributed by atoms with Gasteiger partial charge in [0.1, 0.15) is 5.82 Å². The van der Waals surface area contributed by atoms with Gasteiger partial charge in [0, 0.05) is 18.7 Å². The molecule has 0 aliphatic carbocycles. The number of rotatable bonds is 10. The van der Waals surface area contributed by atoms with Crippen LogP contribution in [0.15, 0.2) is 48.5 Å². The maximum Gasteiger partial charge on any atom is 0.257 e. The van der Waals surface area contributed by atoms with Crippen LogP contribution in [-0.4, -0.2) is 43.1 Å². The second-order valence-electron chi connectivity index (χ2n) is 6.23. The largest absolute Gasteiger partial charge is 0.481 e. The minimum Gasteiger partial charge on any atom is -0.481 e. The normalized spacial score (nSPS) is 12.0. The monoisotopic (exact) mass is 376 g/mol. The van der Waals surface area contributed by atoms with Gasteiger partial charge in [-0.15, -0.1) is 0 Å². The topological polar surface area (TPSA) is 41.6 Å². The molecule has 1 atom stereocenters. The van der Waals surface area contributed by atoms with Crippen molar-refractivity contribution in [2.45, 2.75) is 26.3 Å². The van der Waals surface area contributed by atoms with Gasteiger partial charge in [-0.1, -0.05) is 44.2 Å². The second kappa shape index (κ2) is 10.6. The molecule has 4 nitrogen and oxygen atoms in total. The predicted octanol–water partition coefficient (Wildman–Crippen LogP) is 3.41. The molecule has 0 aliphatic heterocycles. The van der Waals surface area contributed by atoms with E-state index >= 15 is 0 Å². The Bertz CT molecular complexity index is 721. The third kappa shape index (κ3) is 6.64. The van der Waals surface area contributed by atoms with E-state index in [9.17, 15) is 13.6 Å². The quantitative estimate of drug-likeness (QED) is 0.691. The fourth-order valence-electron chi connectivity index (χ4n) is 2.97. The SMILES string of the molecule is CCN(CC)C(CNC(=O)COc1ccc(F)cc1F)Cc1ccccc1. The molecule has 0 aromatic heterocycles. The average molecular weight is 376 g/mol. The van der Waals surface area contributed by atoms with Gasteiger partial charge in [0.05, 0.1) is 0 Å². The molecule has 0 aliphatic rings. The van der Waals surface area contributed by atoms with Gasteiger partial charge in [-0.05, 0) is 37.2 Å². The molecule has 0 saturated carbocycles. The van der Waals surface area contributed by atoms with Crippen molar-refractivity contribution in [2.24, 2.45) is 0 Å². The van der Waals surface area contributed by atoms with Crippen molar-refractivity contribution in [2.75, 3.05) is 26.2 Å². The van der Waals surface area contributed by atoms with E-state index in [-0.39, 0.29) is 24.3 Å². The molecule has 0 bridgehead atoms. The van der Waals surface area contributed by atoms with Crippen LogP contribution in [0, 0.1) is 11.6 Å². The number of carbonyl (C=O) groups excluding carboxylic acids is 1. The van der Waals surface area contributed by atoms with Crippen molar-refractivity contribution in [1.82, 2.24) is 10.2 Å². The fraction of sp³-hybridized carbons (Fsp3) is 0.381. The first-order valence-electron chi connectivity index (χ1n) is 9.16. The number of benzene rings is 2. The molecule has 0 saturated heterocycles. The summed E-state index contributed by atoms with van der Waals surface area (Å²) in [5, 5.41) is 2.85. The summed E-state index contributed by atoms with van der Waals surface area (Å²) < 4.78 is 31.6. The lowest BCUT2D eigenvalue weighted by molar-refractivity contribution is -0.123. The molecule has 6 heteroatoms. The highest BCUT2D eigenvalue weighted by Crippen LogP contribution is 2.17. The Morgan fingerprint density at radius 1 is 1.11 bits per heavy atom. The zero-order valence-corrected chi connectivity index (χ0v) is 15.8. The molecular formula is C21H26F2N2O2. The van der Waals surface area contributed by atoms with Crippen molar-refractivity contribution < 1.29 is 18.3 Å². The van der Waals surface area contributed by atoms with E-state index in [0.29, 0.717) is 6.54 Å². The summed E-state index contributed by atoms with van der Waals surface area (Å²) in [6.07, 6.45) is 0.816. The van der Waals surface area contributed by atoms with Crippen LogP contribution in [0.25, 0.3) is 0 Å². The van der Waals surface area contributed by atoms with Gasteiger partial charge >= 0.3 is 0 Å². The van der Waals surface area contributed by atoms with E-state index in [0.717, 1.165) is 31.6 Å². The van der Waals surface area contributed by atoms with Crippen LogP contribution >= 0.6 is 0 Å². The number of nitrogens with zero attached hydrogens (tertiary/aromatic N) is 1. The molecule has 2 aromatic rings. The maximum atomic E-state index is 13.6. The van der Waals surface area contributed by atoms with Crippen molar-refractivity contribution in [3.05, 3.63) is 65.7 Å². The lowest BCUT2D eigenvalue weighted by Gasteiger charge is -2.30. The van der Waals surface area contributed by atoms with E-state index in [1.807, 2.05) is 18.2 Å². The number of halogens is 2. The molecule has 1 amide bonds. The molecule has 2 rings (SSSR count). The highest BCUT2D eigenvalue weighted by molar-refractivity contribution is 5.77. The Morgan fingerprint density at radius 3 is 2.44 bits per heavy atom. The maximum absolute atomic E-state index is 13.6. The Hall–Kier alpha value is -2.47. The molecule has 0 heterocycles. The summed E-state index contributed by atoms with van der Waals surface area (Å²) in [7, 11) is 0. The second-order valence-corrected chi connectivity index (χ2v) is 6.23. The van der Waals surface area contributed by atoms with E-state index in [4.69, 9.17) is 4.74 Å². The fourth-order valence-corrected chi connectivity index (χ4v) is 2.97. The van der Waals surface area contributed by atoms with Gasteiger partial charge in [-0.2, -0.15) is 0 Å². The summed E-state index contributed by atoms with van der Waals surface area (Å²) in [6, 6.07) is 13.2. The lowest BCUT2D eigenvalue weighted by atomic mass is 10.0. The van der Waals surface area contributed by atoms with Gasteiger partial charge in [-0.25, -0.2) is 8.78 Å². The standard InChI is InChI=1S/C21H26F2N2O2/c1-3-25(4-2)18(12-16-8-6-5-7-9-16)14-24-21(26)15-27-20-11-10-17(22)13-19(20)23/h5-11,13,18H,3-4,12,14-15H2,1-2H3,(H,24,26). The van der Waals surface area contributed by atoms with Crippen LogP contribution in [0.2, 0.25) is 0 Å². The summed E-state index contributed by atoms with van der Waals surface area (Å²) in [6.45, 7) is 6.07. The number of amides is 1. The predicted molar refractivity (Wildman–Crippen MR) is 102 cm³/mol. The van der Waals surface area contributed by atoms with E-state index in [1.165, 1.54) is 11.6 Å². The lowest BCUT2D eigenvalue weighted by Crippen LogP contribution is -2.46. The Kier molecular flexibility index (Phi) is 8.20. The first-order chi connectivity index (χ1) is 13.0. The van der Waals surface area contributed by atoms with Crippen LogP contribution in [0.1, 0.15) is 19.4 Å². The molecule has 2 aromatic carbocycles. The van der Waals surface area contributed by atoms with Crippen LogP contribution in [0.4, 0.5) is 8.78 Å². The van der Waals surface area contributed by atoms with Crippen LogP contribution in [0.5, 0.6) is 5.75 Å². The summed E-state index contributed by atoms with van der Waals surface area (Å²) in [5.74, 6) is -2.00.